The molecule has 17 heavy (non-hydrogen) atoms. The summed E-state index contributed by atoms with van der Waals surface area (Å²) in [6.45, 7) is 16.0. The molecule has 2 unspecified atom stereocenters. The third kappa shape index (κ3) is 7.05. The zero-order chi connectivity index (χ0) is 13.4. The Morgan fingerprint density at radius 3 is 1.71 bits per heavy atom. The van der Waals surface area contributed by atoms with E-state index in [4.69, 9.17) is 5.73 Å². The quantitative estimate of drug-likeness (QED) is 0.670. The van der Waals surface area contributed by atoms with Crippen molar-refractivity contribution < 1.29 is 0 Å². The molecule has 0 heterocycles. The maximum atomic E-state index is 6.35. The Balaban J connectivity index is 4.58. The molecule has 0 spiro atoms. The summed E-state index contributed by atoms with van der Waals surface area (Å²) < 4.78 is 0. The average Bonchev–Trinajstić information content (AvgIpc) is 2.16. The summed E-state index contributed by atoms with van der Waals surface area (Å²) in [6, 6.07) is 0.891. The fourth-order valence-electron chi connectivity index (χ4n) is 2.64. The molecule has 0 aromatic rings. The van der Waals surface area contributed by atoms with Crippen LogP contribution in [0, 0.1) is 11.8 Å². The molecule has 0 aromatic heterocycles. The van der Waals surface area contributed by atoms with Crippen LogP contribution in [-0.2, 0) is 0 Å². The summed E-state index contributed by atoms with van der Waals surface area (Å²) in [6.07, 6.45) is 3.50. The van der Waals surface area contributed by atoms with Crippen molar-refractivity contribution in [1.82, 2.24) is 4.90 Å². The van der Waals surface area contributed by atoms with Gasteiger partial charge in [0.25, 0.3) is 0 Å². The first-order chi connectivity index (χ1) is 7.92. The van der Waals surface area contributed by atoms with Crippen molar-refractivity contribution in [3.05, 3.63) is 0 Å². The second-order valence-electron chi connectivity index (χ2n) is 6.17. The van der Waals surface area contributed by atoms with Gasteiger partial charge in [0.2, 0.25) is 0 Å². The van der Waals surface area contributed by atoms with Gasteiger partial charge in [0, 0.05) is 25.2 Å². The predicted molar refractivity (Wildman–Crippen MR) is 78.2 cm³/mol. The first kappa shape index (κ1) is 16.9. The van der Waals surface area contributed by atoms with Gasteiger partial charge < -0.3 is 5.73 Å². The number of nitrogens with zero attached hydrogens (tertiary/aromatic N) is 1. The van der Waals surface area contributed by atoms with Gasteiger partial charge in [-0.05, 0) is 24.7 Å². The van der Waals surface area contributed by atoms with Crippen molar-refractivity contribution in [1.29, 1.82) is 0 Å². The van der Waals surface area contributed by atoms with Crippen LogP contribution in [0.5, 0.6) is 0 Å². The van der Waals surface area contributed by atoms with Crippen LogP contribution in [0.1, 0.15) is 60.8 Å². The summed E-state index contributed by atoms with van der Waals surface area (Å²) in [4.78, 5) is 2.62. The molecule has 0 aliphatic rings. The van der Waals surface area contributed by atoms with Crippen molar-refractivity contribution in [2.24, 2.45) is 17.6 Å². The van der Waals surface area contributed by atoms with Gasteiger partial charge in [-0.3, -0.25) is 4.90 Å². The summed E-state index contributed by atoms with van der Waals surface area (Å²) in [7, 11) is 0. The van der Waals surface area contributed by atoms with Crippen molar-refractivity contribution in [3.63, 3.8) is 0 Å². The van der Waals surface area contributed by atoms with E-state index in [2.05, 4.69) is 46.4 Å². The Morgan fingerprint density at radius 2 is 1.41 bits per heavy atom. The highest BCUT2D eigenvalue weighted by molar-refractivity contribution is 4.82. The van der Waals surface area contributed by atoms with E-state index >= 15 is 0 Å². The Hall–Kier alpha value is -0.0800. The first-order valence-corrected chi connectivity index (χ1v) is 7.41. The van der Waals surface area contributed by atoms with Crippen LogP contribution in [0.3, 0.4) is 0 Å². The molecule has 2 atom stereocenters. The van der Waals surface area contributed by atoms with Crippen molar-refractivity contribution in [2.75, 3.05) is 13.1 Å². The Labute approximate surface area is 109 Å². The lowest BCUT2D eigenvalue weighted by molar-refractivity contribution is 0.129. The summed E-state index contributed by atoms with van der Waals surface area (Å²) in [5.74, 6) is 1.44. The topological polar surface area (TPSA) is 29.3 Å². The van der Waals surface area contributed by atoms with E-state index in [0.29, 0.717) is 12.1 Å². The van der Waals surface area contributed by atoms with E-state index in [1.807, 2.05) is 0 Å². The number of nitrogens with two attached hydrogens (primary N) is 1. The minimum absolute atomic E-state index is 0.336. The molecule has 0 fully saturated rings. The second-order valence-corrected chi connectivity index (χ2v) is 6.17. The van der Waals surface area contributed by atoms with Gasteiger partial charge in [-0.25, -0.2) is 0 Å². The fourth-order valence-corrected chi connectivity index (χ4v) is 2.64. The van der Waals surface area contributed by atoms with Gasteiger partial charge >= 0.3 is 0 Å². The molecule has 0 radical (unpaired) electrons. The molecule has 0 aromatic carbocycles. The van der Waals surface area contributed by atoms with Gasteiger partial charge in [-0.1, -0.05) is 48.0 Å². The molecule has 2 heteroatoms. The van der Waals surface area contributed by atoms with Crippen molar-refractivity contribution in [2.45, 2.75) is 72.9 Å². The number of hydrogen-bond acceptors (Lipinski definition) is 2. The Morgan fingerprint density at radius 1 is 0.941 bits per heavy atom. The fraction of sp³-hybridized carbons (Fsp3) is 1.00. The monoisotopic (exact) mass is 242 g/mol. The highest BCUT2D eigenvalue weighted by atomic mass is 15.2. The highest BCUT2D eigenvalue weighted by Crippen LogP contribution is 2.15. The molecule has 2 nitrogen and oxygen atoms in total. The summed E-state index contributed by atoms with van der Waals surface area (Å²) in [5, 5.41) is 0. The largest absolute Gasteiger partial charge is 0.326 e. The third-order valence-corrected chi connectivity index (χ3v) is 3.20. The molecule has 0 amide bonds. The molecule has 104 valence electrons. The SMILES string of the molecule is CCCC(N)C(CC)N(CC(C)C)CC(C)C. The number of rotatable bonds is 9. The molecule has 0 saturated carbocycles. The lowest BCUT2D eigenvalue weighted by atomic mass is 9.98. The predicted octanol–water partition coefficient (Wildman–Crippen LogP) is 3.51. The normalized spacial score (nSPS) is 15.9. The van der Waals surface area contributed by atoms with Crippen LogP contribution in [0.2, 0.25) is 0 Å². The van der Waals surface area contributed by atoms with Crippen LogP contribution in [0.4, 0.5) is 0 Å². The zero-order valence-electron chi connectivity index (χ0n) is 12.9. The lowest BCUT2D eigenvalue weighted by Gasteiger charge is -2.37. The average molecular weight is 242 g/mol. The van der Waals surface area contributed by atoms with E-state index in [0.717, 1.165) is 18.3 Å². The minimum Gasteiger partial charge on any atom is -0.326 e. The van der Waals surface area contributed by atoms with Crippen LogP contribution < -0.4 is 5.73 Å². The Kier molecular flexibility index (Phi) is 8.89. The smallest absolute Gasteiger partial charge is 0.0244 e. The summed E-state index contributed by atoms with van der Waals surface area (Å²) in [5.41, 5.74) is 6.35. The molecule has 0 saturated heterocycles. The van der Waals surface area contributed by atoms with Gasteiger partial charge in [0.05, 0.1) is 0 Å². The third-order valence-electron chi connectivity index (χ3n) is 3.20. The standard InChI is InChI=1S/C15H34N2/c1-7-9-14(16)15(8-2)17(10-12(3)4)11-13(5)6/h12-15H,7-11,16H2,1-6H3. The number of hydrogen-bond donors (Lipinski definition) is 1. The zero-order valence-corrected chi connectivity index (χ0v) is 12.9. The van der Waals surface area contributed by atoms with E-state index in [9.17, 15) is 0 Å². The van der Waals surface area contributed by atoms with Crippen LogP contribution in [0.25, 0.3) is 0 Å². The minimum atomic E-state index is 0.336. The van der Waals surface area contributed by atoms with Gasteiger partial charge in [0.1, 0.15) is 0 Å². The highest BCUT2D eigenvalue weighted by Gasteiger charge is 2.23. The van der Waals surface area contributed by atoms with Crippen LogP contribution >= 0.6 is 0 Å². The van der Waals surface area contributed by atoms with Gasteiger partial charge in [-0.15, -0.1) is 0 Å². The molecule has 0 rings (SSSR count). The van der Waals surface area contributed by atoms with Crippen LogP contribution in [-0.4, -0.2) is 30.1 Å². The maximum Gasteiger partial charge on any atom is 0.0244 e. The Bertz CT molecular complexity index is 168. The molecular formula is C15H34N2. The molecule has 0 bridgehead atoms. The van der Waals surface area contributed by atoms with E-state index in [1.165, 1.54) is 25.9 Å². The van der Waals surface area contributed by atoms with E-state index in [1.54, 1.807) is 0 Å². The van der Waals surface area contributed by atoms with E-state index < -0.39 is 0 Å². The second kappa shape index (κ2) is 8.93. The van der Waals surface area contributed by atoms with Crippen molar-refractivity contribution >= 4 is 0 Å². The van der Waals surface area contributed by atoms with Crippen LogP contribution in [0.15, 0.2) is 0 Å². The molecular weight excluding hydrogens is 208 g/mol. The molecule has 2 N–H and O–H groups in total. The lowest BCUT2D eigenvalue weighted by Crippen LogP contribution is -2.50. The molecule has 0 aliphatic carbocycles. The summed E-state index contributed by atoms with van der Waals surface area (Å²) >= 11 is 0. The maximum absolute atomic E-state index is 6.35. The van der Waals surface area contributed by atoms with E-state index in [-0.39, 0.29) is 0 Å². The van der Waals surface area contributed by atoms with Gasteiger partial charge in [0.15, 0.2) is 0 Å². The first-order valence-electron chi connectivity index (χ1n) is 7.41. The molecule has 0 aliphatic heterocycles. The van der Waals surface area contributed by atoms with Crippen molar-refractivity contribution in [3.8, 4) is 0 Å². The van der Waals surface area contributed by atoms with Gasteiger partial charge in [-0.2, -0.15) is 0 Å².